The molecule has 6 nitrogen and oxygen atoms in total. The van der Waals surface area contributed by atoms with E-state index in [-0.39, 0.29) is 18.9 Å². The van der Waals surface area contributed by atoms with Crippen LogP contribution in [-0.2, 0) is 34.5 Å². The number of carbonyl (C=O) groups is 3. The molecule has 0 aromatic heterocycles. The van der Waals surface area contributed by atoms with E-state index < -0.39 is 23.4 Å². The number of halogens is 1. The summed E-state index contributed by atoms with van der Waals surface area (Å²) in [6.07, 6.45) is 3.09. The maximum atomic E-state index is 13.6. The molecule has 2 aliphatic rings. The fraction of sp³-hybridized carbons (Fsp3) is 0.348. The third kappa shape index (κ3) is 3.56. The normalized spacial score (nSPS) is 20.3. The molecule has 0 saturated carbocycles. The number of aryl methyl sites for hydroxylation is 3. The van der Waals surface area contributed by atoms with Gasteiger partial charge in [-0.1, -0.05) is 30.3 Å². The van der Waals surface area contributed by atoms with Crippen LogP contribution in [-0.4, -0.2) is 29.3 Å². The Morgan fingerprint density at radius 2 is 1.93 bits per heavy atom. The highest BCUT2D eigenvalue weighted by Gasteiger charge is 2.49. The van der Waals surface area contributed by atoms with Crippen molar-refractivity contribution in [1.82, 2.24) is 15.5 Å². The molecule has 1 aliphatic carbocycles. The number of imide groups is 1. The molecule has 0 bridgehead atoms. The van der Waals surface area contributed by atoms with Gasteiger partial charge in [-0.15, -0.1) is 0 Å². The minimum absolute atomic E-state index is 0.113. The van der Waals surface area contributed by atoms with E-state index >= 15 is 0 Å². The van der Waals surface area contributed by atoms with Crippen LogP contribution >= 0.6 is 0 Å². The van der Waals surface area contributed by atoms with Crippen molar-refractivity contribution in [3.05, 3.63) is 70.0 Å². The lowest BCUT2D eigenvalue weighted by molar-refractivity contribution is -0.134. The van der Waals surface area contributed by atoms with E-state index in [1.807, 2.05) is 18.2 Å². The van der Waals surface area contributed by atoms with E-state index in [2.05, 4.69) is 10.6 Å². The second-order valence-corrected chi connectivity index (χ2v) is 8.14. The highest BCUT2D eigenvalue weighted by atomic mass is 19.1. The van der Waals surface area contributed by atoms with Crippen LogP contribution in [0.4, 0.5) is 9.18 Å². The molecule has 7 heteroatoms. The molecule has 1 heterocycles. The lowest BCUT2D eigenvalue weighted by Gasteiger charge is -2.23. The van der Waals surface area contributed by atoms with Gasteiger partial charge in [0.05, 0.1) is 0 Å². The molecule has 1 atom stereocenters. The summed E-state index contributed by atoms with van der Waals surface area (Å²) in [7, 11) is 0. The smallest absolute Gasteiger partial charge is 0.325 e. The summed E-state index contributed by atoms with van der Waals surface area (Å²) in [5.74, 6) is -1.29. The van der Waals surface area contributed by atoms with Crippen molar-refractivity contribution >= 4 is 17.8 Å². The first-order chi connectivity index (χ1) is 14.3. The number of fused-ring (bicyclic) bond motifs is 1. The first kappa shape index (κ1) is 20.1. The molecule has 2 aromatic carbocycles. The van der Waals surface area contributed by atoms with Gasteiger partial charge < -0.3 is 10.6 Å². The third-order valence-corrected chi connectivity index (χ3v) is 5.98. The number of amides is 4. The van der Waals surface area contributed by atoms with Gasteiger partial charge >= 0.3 is 6.03 Å². The van der Waals surface area contributed by atoms with E-state index in [4.69, 9.17) is 0 Å². The van der Waals surface area contributed by atoms with Crippen molar-refractivity contribution in [3.63, 3.8) is 0 Å². The second-order valence-electron chi connectivity index (χ2n) is 8.14. The number of carbonyl (C=O) groups excluding carboxylic acids is 3. The molecule has 2 N–H and O–H groups in total. The molecule has 4 amide bonds. The van der Waals surface area contributed by atoms with E-state index in [9.17, 15) is 18.8 Å². The molecular weight excluding hydrogens is 385 g/mol. The molecule has 1 fully saturated rings. The fourth-order valence-corrected chi connectivity index (χ4v) is 4.07. The molecule has 156 valence electrons. The van der Waals surface area contributed by atoms with Gasteiger partial charge in [-0.3, -0.25) is 14.5 Å². The maximum Gasteiger partial charge on any atom is 0.325 e. The Morgan fingerprint density at radius 3 is 2.70 bits per heavy atom. The summed E-state index contributed by atoms with van der Waals surface area (Å²) in [4.78, 5) is 38.8. The van der Waals surface area contributed by atoms with Crippen molar-refractivity contribution in [2.45, 2.75) is 45.2 Å². The van der Waals surface area contributed by atoms with Crippen LogP contribution in [0.15, 0.2) is 36.4 Å². The Hall–Kier alpha value is -3.22. The Labute approximate surface area is 174 Å². The van der Waals surface area contributed by atoms with Crippen LogP contribution in [0.5, 0.6) is 0 Å². The lowest BCUT2D eigenvalue weighted by Crippen LogP contribution is -2.43. The van der Waals surface area contributed by atoms with Gasteiger partial charge in [-0.05, 0) is 67.0 Å². The van der Waals surface area contributed by atoms with Crippen molar-refractivity contribution < 1.29 is 18.8 Å². The summed E-state index contributed by atoms with van der Waals surface area (Å²) in [6, 6.07) is 9.98. The molecule has 4 rings (SSSR count). The first-order valence-corrected chi connectivity index (χ1v) is 10.1. The molecule has 2 aromatic rings. The molecule has 1 aliphatic heterocycles. The van der Waals surface area contributed by atoms with Crippen molar-refractivity contribution in [3.8, 4) is 0 Å². The average Bonchev–Trinajstić information content (AvgIpc) is 3.27. The van der Waals surface area contributed by atoms with Crippen LogP contribution in [0, 0.1) is 12.7 Å². The van der Waals surface area contributed by atoms with Gasteiger partial charge in [0.2, 0.25) is 5.91 Å². The average molecular weight is 409 g/mol. The third-order valence-electron chi connectivity index (χ3n) is 5.98. The molecule has 1 unspecified atom stereocenters. The van der Waals surface area contributed by atoms with Crippen molar-refractivity contribution in [2.75, 3.05) is 6.54 Å². The molecular formula is C23H24FN3O3. The standard InChI is InChI=1S/C23H24FN3O3/c1-14-6-7-15(10-19(14)24)12-25-20(28)13-27-21(29)23(2,26-22(27)30)18-9-8-16-4-3-5-17(16)11-18/h6-11H,3-5,12-13H2,1-2H3,(H,25,28)(H,26,30). The number of hydrogen-bond donors (Lipinski definition) is 2. The van der Waals surface area contributed by atoms with Crippen molar-refractivity contribution in [2.24, 2.45) is 0 Å². The first-order valence-electron chi connectivity index (χ1n) is 10.1. The topological polar surface area (TPSA) is 78.5 Å². The van der Waals surface area contributed by atoms with E-state index in [1.54, 1.807) is 26.0 Å². The van der Waals surface area contributed by atoms with Gasteiger partial charge in [-0.25, -0.2) is 9.18 Å². The van der Waals surface area contributed by atoms with E-state index in [1.165, 1.54) is 17.2 Å². The predicted molar refractivity (Wildman–Crippen MR) is 109 cm³/mol. The Kier molecular flexibility index (Phi) is 5.05. The van der Waals surface area contributed by atoms with Crippen LogP contribution in [0.1, 0.15) is 41.2 Å². The van der Waals surface area contributed by atoms with Crippen LogP contribution in [0.25, 0.3) is 0 Å². The van der Waals surface area contributed by atoms with Crippen LogP contribution in [0.3, 0.4) is 0 Å². The highest BCUT2D eigenvalue weighted by molar-refractivity contribution is 6.09. The zero-order chi connectivity index (χ0) is 21.5. The number of hydrogen-bond acceptors (Lipinski definition) is 3. The molecule has 0 spiro atoms. The summed E-state index contributed by atoms with van der Waals surface area (Å²) in [5.41, 5.74) is 3.14. The van der Waals surface area contributed by atoms with Gasteiger partial charge in [0.25, 0.3) is 5.91 Å². The quantitative estimate of drug-likeness (QED) is 0.746. The Balaban J connectivity index is 1.43. The molecule has 0 radical (unpaired) electrons. The zero-order valence-electron chi connectivity index (χ0n) is 17.0. The van der Waals surface area contributed by atoms with Crippen molar-refractivity contribution in [1.29, 1.82) is 0 Å². The lowest BCUT2D eigenvalue weighted by atomic mass is 9.89. The van der Waals surface area contributed by atoms with Gasteiger partial charge in [0.1, 0.15) is 17.9 Å². The van der Waals surface area contributed by atoms with Gasteiger partial charge in [0.15, 0.2) is 0 Å². The minimum Gasteiger partial charge on any atom is -0.350 e. The zero-order valence-corrected chi connectivity index (χ0v) is 17.0. The Morgan fingerprint density at radius 1 is 1.17 bits per heavy atom. The van der Waals surface area contributed by atoms with E-state index in [0.717, 1.165) is 29.7 Å². The van der Waals surface area contributed by atoms with E-state index in [0.29, 0.717) is 11.1 Å². The SMILES string of the molecule is Cc1ccc(CNC(=O)CN2C(=O)NC(C)(c3ccc4c(c3)CCC4)C2=O)cc1F. The number of rotatable bonds is 5. The maximum absolute atomic E-state index is 13.6. The summed E-state index contributed by atoms with van der Waals surface area (Å²) < 4.78 is 13.6. The predicted octanol–water partition coefficient (Wildman–Crippen LogP) is 2.71. The van der Waals surface area contributed by atoms with Crippen LogP contribution < -0.4 is 10.6 Å². The monoisotopic (exact) mass is 409 g/mol. The summed E-state index contributed by atoms with van der Waals surface area (Å²) >= 11 is 0. The summed E-state index contributed by atoms with van der Waals surface area (Å²) in [5, 5.41) is 5.37. The Bertz CT molecular complexity index is 1050. The number of urea groups is 1. The molecule has 30 heavy (non-hydrogen) atoms. The second kappa shape index (κ2) is 7.55. The minimum atomic E-state index is -1.20. The summed E-state index contributed by atoms with van der Waals surface area (Å²) in [6.45, 7) is 3.05. The van der Waals surface area contributed by atoms with Crippen LogP contribution in [0.2, 0.25) is 0 Å². The number of nitrogens with one attached hydrogen (secondary N) is 2. The van der Waals surface area contributed by atoms with Gasteiger partial charge in [-0.2, -0.15) is 0 Å². The fourth-order valence-electron chi connectivity index (χ4n) is 4.07. The number of nitrogens with zero attached hydrogens (tertiary/aromatic N) is 1. The largest absolute Gasteiger partial charge is 0.350 e. The molecule has 1 saturated heterocycles. The van der Waals surface area contributed by atoms with Gasteiger partial charge in [0, 0.05) is 6.54 Å². The highest BCUT2D eigenvalue weighted by Crippen LogP contribution is 2.32. The number of benzene rings is 2.